The van der Waals surface area contributed by atoms with Crippen LogP contribution in [0.4, 0.5) is 0 Å². The minimum Gasteiger partial charge on any atom is -0.378 e. The van der Waals surface area contributed by atoms with Crippen molar-refractivity contribution in [2.24, 2.45) is 5.73 Å². The molecule has 100 valence electrons. The van der Waals surface area contributed by atoms with Gasteiger partial charge in [-0.2, -0.15) is 0 Å². The Morgan fingerprint density at radius 2 is 2.16 bits per heavy atom. The number of amides is 1. The molecule has 0 radical (unpaired) electrons. The number of carbonyl (C=O) groups is 1. The van der Waals surface area contributed by atoms with Gasteiger partial charge in [0, 0.05) is 24.2 Å². The molecule has 0 bridgehead atoms. The molecule has 2 rings (SSSR count). The van der Waals surface area contributed by atoms with Gasteiger partial charge in [-0.1, -0.05) is 11.8 Å². The number of morpholine rings is 1. The fraction of sp³-hybridized carbons (Fsp3) is 0.400. The molecule has 0 saturated carbocycles. The molecule has 1 aromatic rings. The van der Waals surface area contributed by atoms with Gasteiger partial charge in [0.2, 0.25) is 0 Å². The number of rotatable bonds is 1. The summed E-state index contributed by atoms with van der Waals surface area (Å²) in [6, 6.07) is 5.59. The van der Waals surface area contributed by atoms with E-state index in [0.717, 1.165) is 11.1 Å². The third kappa shape index (κ3) is 3.34. The van der Waals surface area contributed by atoms with E-state index < -0.39 is 0 Å². The average Bonchev–Trinajstić information content (AvgIpc) is 2.46. The maximum absolute atomic E-state index is 12.3. The largest absolute Gasteiger partial charge is 0.378 e. The number of nitrogens with two attached hydrogens (primary N) is 1. The Bertz CT molecular complexity index is 523. The number of hydrogen-bond donors (Lipinski definition) is 1. The first-order valence-corrected chi connectivity index (χ1v) is 6.39. The van der Waals surface area contributed by atoms with E-state index in [-0.39, 0.29) is 5.91 Å². The number of nitrogens with zero attached hydrogens (tertiary/aromatic N) is 1. The lowest BCUT2D eigenvalue weighted by Crippen LogP contribution is -2.40. The molecule has 1 fully saturated rings. The molecule has 4 heteroatoms. The van der Waals surface area contributed by atoms with Crippen molar-refractivity contribution in [3.63, 3.8) is 0 Å². The Balaban J connectivity index is 2.16. The fourth-order valence-corrected chi connectivity index (χ4v) is 2.03. The Kier molecular flexibility index (Phi) is 4.56. The van der Waals surface area contributed by atoms with Crippen LogP contribution in [-0.4, -0.2) is 43.7 Å². The summed E-state index contributed by atoms with van der Waals surface area (Å²) in [6.45, 7) is 4.85. The number of carbonyl (C=O) groups excluding carboxylic acids is 1. The second kappa shape index (κ2) is 6.37. The third-order valence-electron chi connectivity index (χ3n) is 3.10. The van der Waals surface area contributed by atoms with Gasteiger partial charge in [0.25, 0.3) is 5.91 Å². The van der Waals surface area contributed by atoms with E-state index in [1.807, 2.05) is 30.0 Å². The molecule has 1 heterocycles. The normalized spacial score (nSPS) is 14.7. The number of benzene rings is 1. The lowest BCUT2D eigenvalue weighted by molar-refractivity contribution is 0.0303. The van der Waals surface area contributed by atoms with Gasteiger partial charge in [0.15, 0.2) is 0 Å². The van der Waals surface area contributed by atoms with Crippen LogP contribution in [0.25, 0.3) is 0 Å². The smallest absolute Gasteiger partial charge is 0.254 e. The molecule has 2 N–H and O–H groups in total. The summed E-state index contributed by atoms with van der Waals surface area (Å²) in [7, 11) is 0. The van der Waals surface area contributed by atoms with Crippen molar-refractivity contribution in [3.8, 4) is 11.8 Å². The van der Waals surface area contributed by atoms with Gasteiger partial charge in [0.05, 0.1) is 19.8 Å². The Morgan fingerprint density at radius 3 is 2.79 bits per heavy atom. The van der Waals surface area contributed by atoms with Crippen molar-refractivity contribution < 1.29 is 9.53 Å². The molecule has 4 nitrogen and oxygen atoms in total. The van der Waals surface area contributed by atoms with Gasteiger partial charge < -0.3 is 15.4 Å². The van der Waals surface area contributed by atoms with Crippen molar-refractivity contribution in [1.29, 1.82) is 0 Å². The molecule has 1 aliphatic rings. The first kappa shape index (κ1) is 13.6. The van der Waals surface area contributed by atoms with Crippen molar-refractivity contribution in [1.82, 2.24) is 4.90 Å². The average molecular weight is 258 g/mol. The number of hydrogen-bond acceptors (Lipinski definition) is 3. The van der Waals surface area contributed by atoms with E-state index in [4.69, 9.17) is 10.5 Å². The molecule has 1 amide bonds. The van der Waals surface area contributed by atoms with E-state index in [0.29, 0.717) is 38.4 Å². The zero-order chi connectivity index (χ0) is 13.7. The summed E-state index contributed by atoms with van der Waals surface area (Å²) in [6.07, 6.45) is 0. The molecule has 1 aromatic carbocycles. The van der Waals surface area contributed by atoms with Crippen LogP contribution < -0.4 is 5.73 Å². The van der Waals surface area contributed by atoms with Crippen LogP contribution in [0, 0.1) is 18.8 Å². The summed E-state index contributed by atoms with van der Waals surface area (Å²) in [5, 5.41) is 0. The highest BCUT2D eigenvalue weighted by molar-refractivity contribution is 5.94. The first-order chi connectivity index (χ1) is 9.22. The Labute approximate surface area is 113 Å². The van der Waals surface area contributed by atoms with Gasteiger partial charge in [-0.15, -0.1) is 0 Å². The van der Waals surface area contributed by atoms with E-state index in [2.05, 4.69) is 11.8 Å². The highest BCUT2D eigenvalue weighted by Gasteiger charge is 2.18. The second-order valence-corrected chi connectivity index (χ2v) is 4.44. The molecular weight excluding hydrogens is 240 g/mol. The van der Waals surface area contributed by atoms with E-state index in [1.165, 1.54) is 0 Å². The number of aryl methyl sites for hydroxylation is 1. The number of ether oxygens (including phenoxy) is 1. The van der Waals surface area contributed by atoms with E-state index >= 15 is 0 Å². The molecule has 1 saturated heterocycles. The minimum atomic E-state index is 0.0599. The predicted molar refractivity (Wildman–Crippen MR) is 73.8 cm³/mol. The standard InChI is InChI=1S/C15H18N2O2/c1-12-11-14(5-4-13(12)3-2-6-16)15(18)17-7-9-19-10-8-17/h4-5,11H,6-10,16H2,1H3. The van der Waals surface area contributed by atoms with Crippen LogP contribution in [0.1, 0.15) is 21.5 Å². The molecule has 0 aliphatic carbocycles. The second-order valence-electron chi connectivity index (χ2n) is 4.44. The fourth-order valence-electron chi connectivity index (χ4n) is 2.03. The first-order valence-electron chi connectivity index (χ1n) is 6.39. The summed E-state index contributed by atoms with van der Waals surface area (Å²) < 4.78 is 5.25. The van der Waals surface area contributed by atoms with Crippen LogP contribution >= 0.6 is 0 Å². The third-order valence-corrected chi connectivity index (χ3v) is 3.10. The van der Waals surface area contributed by atoms with Gasteiger partial charge in [0.1, 0.15) is 0 Å². The quantitative estimate of drug-likeness (QED) is 0.757. The molecule has 0 atom stereocenters. The van der Waals surface area contributed by atoms with Crippen LogP contribution in [0.5, 0.6) is 0 Å². The molecule has 0 unspecified atom stereocenters. The highest BCUT2D eigenvalue weighted by Crippen LogP contribution is 2.13. The van der Waals surface area contributed by atoms with Crippen LogP contribution in [0.15, 0.2) is 18.2 Å². The monoisotopic (exact) mass is 258 g/mol. The van der Waals surface area contributed by atoms with Crippen LogP contribution in [0.3, 0.4) is 0 Å². The molecular formula is C15H18N2O2. The zero-order valence-electron chi connectivity index (χ0n) is 11.1. The summed E-state index contributed by atoms with van der Waals surface area (Å²) in [5.74, 6) is 5.88. The lowest BCUT2D eigenvalue weighted by atomic mass is 10.0. The lowest BCUT2D eigenvalue weighted by Gasteiger charge is -2.27. The maximum Gasteiger partial charge on any atom is 0.254 e. The van der Waals surface area contributed by atoms with Gasteiger partial charge in [-0.25, -0.2) is 0 Å². The predicted octanol–water partition coefficient (Wildman–Crippen LogP) is 0.778. The molecule has 0 spiro atoms. The van der Waals surface area contributed by atoms with Gasteiger partial charge in [-0.3, -0.25) is 4.79 Å². The molecule has 0 aromatic heterocycles. The SMILES string of the molecule is Cc1cc(C(=O)N2CCOCC2)ccc1C#CCN. The maximum atomic E-state index is 12.3. The summed E-state index contributed by atoms with van der Waals surface area (Å²) in [5.41, 5.74) is 7.98. The highest BCUT2D eigenvalue weighted by atomic mass is 16.5. The van der Waals surface area contributed by atoms with Crippen molar-refractivity contribution in [2.75, 3.05) is 32.8 Å². The van der Waals surface area contributed by atoms with Crippen molar-refractivity contribution in [3.05, 3.63) is 34.9 Å². The van der Waals surface area contributed by atoms with Gasteiger partial charge in [-0.05, 0) is 30.7 Å². The van der Waals surface area contributed by atoms with E-state index in [1.54, 1.807) is 0 Å². The topological polar surface area (TPSA) is 55.6 Å². The van der Waals surface area contributed by atoms with Crippen molar-refractivity contribution >= 4 is 5.91 Å². The summed E-state index contributed by atoms with van der Waals surface area (Å²) in [4.78, 5) is 14.1. The van der Waals surface area contributed by atoms with Crippen molar-refractivity contribution in [2.45, 2.75) is 6.92 Å². The minimum absolute atomic E-state index is 0.0599. The van der Waals surface area contributed by atoms with E-state index in [9.17, 15) is 4.79 Å². The zero-order valence-corrected chi connectivity index (χ0v) is 11.1. The molecule has 1 aliphatic heterocycles. The summed E-state index contributed by atoms with van der Waals surface area (Å²) >= 11 is 0. The van der Waals surface area contributed by atoms with Crippen LogP contribution in [-0.2, 0) is 4.74 Å². The Morgan fingerprint density at radius 1 is 1.42 bits per heavy atom. The molecule has 19 heavy (non-hydrogen) atoms. The van der Waals surface area contributed by atoms with Gasteiger partial charge >= 0.3 is 0 Å². The Hall–Kier alpha value is -1.83. The van der Waals surface area contributed by atoms with Crippen LogP contribution in [0.2, 0.25) is 0 Å².